The molecule has 0 heterocycles. The molecule has 0 spiro atoms. The second-order valence-corrected chi connectivity index (χ2v) is 7.91. The van der Waals surface area contributed by atoms with Crippen LogP contribution < -0.4 is 19.5 Å². The second kappa shape index (κ2) is 12.9. The summed E-state index contributed by atoms with van der Waals surface area (Å²) in [4.78, 5) is 0. The molecule has 4 heteroatoms. The zero-order valence-corrected chi connectivity index (χ0v) is 19.4. The molecule has 0 saturated carbocycles. The Hall–Kier alpha value is -3.92. The highest BCUT2D eigenvalue weighted by Crippen LogP contribution is 2.26. The van der Waals surface area contributed by atoms with Crippen molar-refractivity contribution in [2.24, 2.45) is 0 Å². The lowest BCUT2D eigenvalue weighted by Crippen LogP contribution is -2.11. The van der Waals surface area contributed by atoms with Gasteiger partial charge in [-0.15, -0.1) is 0 Å². The van der Waals surface area contributed by atoms with Gasteiger partial charge in [-0.05, 0) is 48.7 Å². The molecule has 0 aliphatic carbocycles. The Kier molecular flexibility index (Phi) is 8.85. The second-order valence-electron chi connectivity index (χ2n) is 7.91. The van der Waals surface area contributed by atoms with Gasteiger partial charge in [-0.25, -0.2) is 0 Å². The van der Waals surface area contributed by atoms with Gasteiger partial charge in [-0.3, -0.25) is 0 Å². The van der Waals surface area contributed by atoms with Crippen molar-refractivity contribution < 1.29 is 14.2 Å². The van der Waals surface area contributed by atoms with Gasteiger partial charge < -0.3 is 19.5 Å². The van der Waals surface area contributed by atoms with Gasteiger partial charge in [0.05, 0.1) is 12.3 Å². The third kappa shape index (κ3) is 7.31. The van der Waals surface area contributed by atoms with Crippen molar-refractivity contribution in [1.29, 1.82) is 0 Å². The molecule has 0 aliphatic rings. The fourth-order valence-corrected chi connectivity index (χ4v) is 3.65. The van der Waals surface area contributed by atoms with E-state index in [1.165, 1.54) is 5.56 Å². The SMILES string of the molecule is c1ccc(CCCOc2ccccc2NCc2ccccc2OCCOc2ccccc2)cc1. The Morgan fingerprint density at radius 3 is 1.97 bits per heavy atom. The Labute approximate surface area is 202 Å². The molecular weight excluding hydrogens is 422 g/mol. The normalized spacial score (nSPS) is 10.5. The molecule has 1 N–H and O–H groups in total. The molecule has 0 radical (unpaired) electrons. The molecule has 4 nitrogen and oxygen atoms in total. The standard InChI is InChI=1S/C30H31NO3/c1-3-12-25(13-4-1)14-11-21-33-30-20-10-8-18-28(30)31-24-26-15-7-9-19-29(26)34-23-22-32-27-16-5-2-6-17-27/h1-10,12-13,15-20,31H,11,14,21-24H2. The Bertz CT molecular complexity index is 1020. The van der Waals surface area contributed by atoms with Crippen LogP contribution in [0.1, 0.15) is 17.5 Å². The van der Waals surface area contributed by atoms with Crippen LogP contribution in [0.5, 0.6) is 17.2 Å². The third-order valence-corrected chi connectivity index (χ3v) is 5.39. The predicted molar refractivity (Wildman–Crippen MR) is 138 cm³/mol. The van der Waals surface area contributed by atoms with Crippen LogP contribution in [0.4, 0.5) is 5.69 Å². The molecule has 0 atom stereocenters. The monoisotopic (exact) mass is 453 g/mol. The molecule has 174 valence electrons. The molecule has 4 rings (SSSR count). The van der Waals surface area contributed by atoms with Crippen molar-refractivity contribution in [3.63, 3.8) is 0 Å². The van der Waals surface area contributed by atoms with Crippen LogP contribution in [-0.2, 0) is 13.0 Å². The molecule has 0 unspecified atom stereocenters. The van der Waals surface area contributed by atoms with E-state index in [0.29, 0.717) is 26.4 Å². The maximum atomic E-state index is 6.09. The van der Waals surface area contributed by atoms with E-state index in [1.54, 1.807) is 0 Å². The average Bonchev–Trinajstić information content (AvgIpc) is 2.90. The van der Waals surface area contributed by atoms with Crippen molar-refractivity contribution in [2.75, 3.05) is 25.1 Å². The van der Waals surface area contributed by atoms with E-state index in [1.807, 2.05) is 78.9 Å². The first-order valence-electron chi connectivity index (χ1n) is 11.8. The highest BCUT2D eigenvalue weighted by Gasteiger charge is 2.07. The molecular formula is C30H31NO3. The minimum absolute atomic E-state index is 0.479. The highest BCUT2D eigenvalue weighted by molar-refractivity contribution is 5.56. The number of benzene rings is 4. The lowest BCUT2D eigenvalue weighted by atomic mass is 10.1. The molecule has 34 heavy (non-hydrogen) atoms. The van der Waals surface area contributed by atoms with E-state index >= 15 is 0 Å². The Balaban J connectivity index is 1.26. The van der Waals surface area contributed by atoms with E-state index < -0.39 is 0 Å². The summed E-state index contributed by atoms with van der Waals surface area (Å²) in [5, 5.41) is 3.51. The van der Waals surface area contributed by atoms with Crippen LogP contribution in [0.3, 0.4) is 0 Å². The minimum Gasteiger partial charge on any atom is -0.491 e. The Morgan fingerprint density at radius 1 is 0.529 bits per heavy atom. The number of rotatable bonds is 13. The van der Waals surface area contributed by atoms with E-state index in [-0.39, 0.29) is 0 Å². The first-order chi connectivity index (χ1) is 16.9. The van der Waals surface area contributed by atoms with Gasteiger partial charge in [0.15, 0.2) is 0 Å². The number of para-hydroxylation sites is 4. The number of anilines is 1. The zero-order valence-electron chi connectivity index (χ0n) is 19.4. The van der Waals surface area contributed by atoms with Crippen LogP contribution in [0.15, 0.2) is 109 Å². The maximum Gasteiger partial charge on any atom is 0.142 e. The summed E-state index contributed by atoms with van der Waals surface area (Å²) in [7, 11) is 0. The molecule has 4 aromatic carbocycles. The lowest BCUT2D eigenvalue weighted by Gasteiger charge is -2.16. The molecule has 0 amide bonds. The first-order valence-corrected chi connectivity index (χ1v) is 11.8. The van der Waals surface area contributed by atoms with Gasteiger partial charge in [-0.2, -0.15) is 0 Å². The first kappa shape index (κ1) is 23.2. The minimum atomic E-state index is 0.479. The maximum absolute atomic E-state index is 6.09. The summed E-state index contributed by atoms with van der Waals surface area (Å²) in [5.41, 5.74) is 3.40. The van der Waals surface area contributed by atoms with Crippen LogP contribution in [0, 0.1) is 0 Å². The molecule has 0 saturated heterocycles. The lowest BCUT2D eigenvalue weighted by molar-refractivity contribution is 0.216. The number of ether oxygens (including phenoxy) is 3. The summed E-state index contributed by atoms with van der Waals surface area (Å²) in [6.45, 7) is 2.28. The van der Waals surface area contributed by atoms with Crippen molar-refractivity contribution in [3.8, 4) is 17.2 Å². The molecule has 0 aromatic heterocycles. The largest absolute Gasteiger partial charge is 0.491 e. The van der Waals surface area contributed by atoms with Crippen molar-refractivity contribution >= 4 is 5.69 Å². The van der Waals surface area contributed by atoms with Gasteiger partial charge >= 0.3 is 0 Å². The zero-order chi connectivity index (χ0) is 23.3. The van der Waals surface area contributed by atoms with Gasteiger partial charge in [0.25, 0.3) is 0 Å². The van der Waals surface area contributed by atoms with Gasteiger partial charge in [0.2, 0.25) is 0 Å². The van der Waals surface area contributed by atoms with Crippen LogP contribution >= 0.6 is 0 Å². The van der Waals surface area contributed by atoms with Crippen LogP contribution in [0.2, 0.25) is 0 Å². The fraction of sp³-hybridized carbons (Fsp3) is 0.200. The van der Waals surface area contributed by atoms with E-state index in [9.17, 15) is 0 Å². The highest BCUT2D eigenvalue weighted by atomic mass is 16.5. The quantitative estimate of drug-likeness (QED) is 0.227. The summed E-state index contributed by atoms with van der Waals surface area (Å²) in [6.07, 6.45) is 1.98. The van der Waals surface area contributed by atoms with Crippen molar-refractivity contribution in [3.05, 3.63) is 120 Å². The van der Waals surface area contributed by atoms with Crippen LogP contribution in [0.25, 0.3) is 0 Å². The third-order valence-electron chi connectivity index (χ3n) is 5.39. The van der Waals surface area contributed by atoms with Crippen molar-refractivity contribution in [1.82, 2.24) is 0 Å². The number of hydrogen-bond donors (Lipinski definition) is 1. The smallest absolute Gasteiger partial charge is 0.142 e. The topological polar surface area (TPSA) is 39.7 Å². The molecule has 4 aromatic rings. The summed E-state index contributed by atoms with van der Waals surface area (Å²) in [5.74, 6) is 2.57. The summed E-state index contributed by atoms with van der Waals surface area (Å²) in [6, 6.07) is 36.4. The fourth-order valence-electron chi connectivity index (χ4n) is 3.65. The van der Waals surface area contributed by atoms with E-state index in [4.69, 9.17) is 14.2 Å². The molecule has 0 aliphatic heterocycles. The van der Waals surface area contributed by atoms with E-state index in [0.717, 1.165) is 41.3 Å². The van der Waals surface area contributed by atoms with Gasteiger partial charge in [0.1, 0.15) is 30.5 Å². The van der Waals surface area contributed by atoms with Crippen LogP contribution in [-0.4, -0.2) is 19.8 Å². The van der Waals surface area contributed by atoms with Crippen molar-refractivity contribution in [2.45, 2.75) is 19.4 Å². The van der Waals surface area contributed by atoms with Gasteiger partial charge in [-0.1, -0.05) is 78.9 Å². The number of hydrogen-bond acceptors (Lipinski definition) is 4. The average molecular weight is 454 g/mol. The van der Waals surface area contributed by atoms with Gasteiger partial charge in [0, 0.05) is 12.1 Å². The predicted octanol–water partition coefficient (Wildman–Crippen LogP) is 6.77. The molecule has 0 bridgehead atoms. The molecule has 0 fully saturated rings. The Morgan fingerprint density at radius 2 is 1.15 bits per heavy atom. The summed E-state index contributed by atoms with van der Waals surface area (Å²) < 4.78 is 17.8. The van der Waals surface area contributed by atoms with E-state index in [2.05, 4.69) is 35.6 Å². The summed E-state index contributed by atoms with van der Waals surface area (Å²) >= 11 is 0. The number of nitrogens with one attached hydrogen (secondary N) is 1. The number of aryl methyl sites for hydroxylation is 1.